The molecule has 0 radical (unpaired) electrons. The Morgan fingerprint density at radius 2 is 1.70 bits per heavy atom. The average molecular weight is 484 g/mol. The highest BCUT2D eigenvalue weighted by atomic mass is 32.1. The number of unbranched alkanes of at least 4 members (excludes halogenated alkanes) is 6. The molecular weight excluding hydrogens is 455 g/mol. The second-order valence-corrected chi connectivity index (χ2v) is 8.96. The van der Waals surface area contributed by atoms with Crippen LogP contribution in [0.3, 0.4) is 0 Å². The second-order valence-electron chi connectivity index (χ2n) is 8.59. The number of nitrogens with zero attached hydrogens (tertiary/aromatic N) is 3. The SMILES string of the molecule is CC1(C)C(=O)N(c2ccc(C#N)c(C(F)(F)F)c2)C(=S)N1CCCCCCCCCC(=O)O. The van der Waals surface area contributed by atoms with Crippen molar-refractivity contribution in [3.05, 3.63) is 29.3 Å². The molecule has 0 bridgehead atoms. The maximum absolute atomic E-state index is 13.4. The molecule has 1 amide bonds. The zero-order valence-electron chi connectivity index (χ0n) is 18.7. The van der Waals surface area contributed by atoms with Crippen LogP contribution in [0.15, 0.2) is 18.2 Å². The number of alkyl halides is 3. The van der Waals surface area contributed by atoms with Crippen LogP contribution in [0, 0.1) is 11.3 Å². The quantitative estimate of drug-likeness (QED) is 0.331. The summed E-state index contributed by atoms with van der Waals surface area (Å²) < 4.78 is 40.1. The van der Waals surface area contributed by atoms with E-state index in [1.165, 1.54) is 12.1 Å². The number of aliphatic carboxylic acids is 1. The van der Waals surface area contributed by atoms with Crippen molar-refractivity contribution in [2.24, 2.45) is 0 Å². The van der Waals surface area contributed by atoms with Crippen LogP contribution < -0.4 is 4.90 Å². The molecule has 1 fully saturated rings. The highest BCUT2D eigenvalue weighted by Gasteiger charge is 2.49. The van der Waals surface area contributed by atoms with Crippen molar-refractivity contribution in [2.75, 3.05) is 11.4 Å². The summed E-state index contributed by atoms with van der Waals surface area (Å²) in [5.41, 5.74) is -2.62. The van der Waals surface area contributed by atoms with E-state index in [4.69, 9.17) is 22.6 Å². The van der Waals surface area contributed by atoms with Gasteiger partial charge in [-0.25, -0.2) is 0 Å². The Morgan fingerprint density at radius 3 is 2.24 bits per heavy atom. The van der Waals surface area contributed by atoms with Gasteiger partial charge in [0, 0.05) is 13.0 Å². The van der Waals surface area contributed by atoms with Crippen LogP contribution in [0.5, 0.6) is 0 Å². The van der Waals surface area contributed by atoms with Crippen molar-refractivity contribution in [2.45, 2.75) is 76.9 Å². The number of hydrogen-bond donors (Lipinski definition) is 1. The summed E-state index contributed by atoms with van der Waals surface area (Å²) in [5.74, 6) is -1.19. The Morgan fingerprint density at radius 1 is 1.12 bits per heavy atom. The second kappa shape index (κ2) is 11.0. The van der Waals surface area contributed by atoms with Crippen molar-refractivity contribution in [3.8, 4) is 6.07 Å². The number of carbonyl (C=O) groups excluding carboxylic acids is 1. The van der Waals surface area contributed by atoms with E-state index < -0.39 is 34.7 Å². The number of carbonyl (C=O) groups is 2. The van der Waals surface area contributed by atoms with Gasteiger partial charge in [-0.1, -0.05) is 32.1 Å². The van der Waals surface area contributed by atoms with Gasteiger partial charge in [0.1, 0.15) is 5.54 Å². The van der Waals surface area contributed by atoms with Crippen LogP contribution >= 0.6 is 12.2 Å². The highest BCUT2D eigenvalue weighted by molar-refractivity contribution is 7.80. The fourth-order valence-electron chi connectivity index (χ4n) is 3.87. The standard InChI is InChI=1S/C23H28F3N3O3S/c1-22(2)20(32)29(17-12-11-16(15-27)18(14-17)23(24,25)26)21(33)28(22)13-9-7-5-3-4-6-8-10-19(30)31/h11-12,14H,3-10,13H2,1-2H3,(H,30,31). The monoisotopic (exact) mass is 483 g/mol. The Bertz CT molecular complexity index is 941. The molecule has 1 aromatic carbocycles. The maximum atomic E-state index is 13.4. The topological polar surface area (TPSA) is 84.6 Å². The largest absolute Gasteiger partial charge is 0.481 e. The minimum absolute atomic E-state index is 0.00624. The number of thiocarbonyl (C=S) groups is 1. The zero-order chi connectivity index (χ0) is 24.8. The first-order valence-corrected chi connectivity index (χ1v) is 11.3. The smallest absolute Gasteiger partial charge is 0.417 e. The lowest BCUT2D eigenvalue weighted by Crippen LogP contribution is -2.44. The third kappa shape index (κ3) is 6.44. The number of rotatable bonds is 11. The molecule has 1 heterocycles. The summed E-state index contributed by atoms with van der Waals surface area (Å²) in [5, 5.41) is 17.8. The van der Waals surface area contributed by atoms with Crippen LogP contribution in [-0.2, 0) is 15.8 Å². The lowest BCUT2D eigenvalue weighted by Gasteiger charge is -2.29. The summed E-state index contributed by atoms with van der Waals surface area (Å²) in [7, 11) is 0. The summed E-state index contributed by atoms with van der Waals surface area (Å²) >= 11 is 5.47. The number of anilines is 1. The van der Waals surface area contributed by atoms with Crippen molar-refractivity contribution >= 4 is 34.9 Å². The van der Waals surface area contributed by atoms with Gasteiger partial charge in [-0.3, -0.25) is 14.5 Å². The molecule has 1 saturated heterocycles. The molecule has 6 nitrogen and oxygen atoms in total. The Balaban J connectivity index is 2.00. The predicted molar refractivity (Wildman–Crippen MR) is 122 cm³/mol. The average Bonchev–Trinajstić information content (AvgIpc) is 2.90. The van der Waals surface area contributed by atoms with E-state index in [1.54, 1.807) is 18.7 Å². The summed E-state index contributed by atoms with van der Waals surface area (Å²) in [6.45, 7) is 3.88. The fourth-order valence-corrected chi connectivity index (χ4v) is 4.38. The number of carboxylic acids is 1. The van der Waals surface area contributed by atoms with E-state index in [2.05, 4.69) is 0 Å². The molecule has 1 N–H and O–H groups in total. The van der Waals surface area contributed by atoms with Crippen LogP contribution in [0.1, 0.15) is 76.3 Å². The summed E-state index contributed by atoms with van der Waals surface area (Å²) in [6.07, 6.45) is 1.61. The van der Waals surface area contributed by atoms with Gasteiger partial charge in [-0.2, -0.15) is 18.4 Å². The molecule has 1 aliphatic heterocycles. The molecule has 33 heavy (non-hydrogen) atoms. The van der Waals surface area contributed by atoms with Crippen LogP contribution in [0.4, 0.5) is 18.9 Å². The number of carboxylic acid groups (broad SMARTS) is 1. The maximum Gasteiger partial charge on any atom is 0.417 e. The molecule has 0 saturated carbocycles. The molecule has 0 aliphatic carbocycles. The normalized spacial score (nSPS) is 15.8. The van der Waals surface area contributed by atoms with E-state index in [9.17, 15) is 22.8 Å². The minimum Gasteiger partial charge on any atom is -0.481 e. The van der Waals surface area contributed by atoms with Crippen molar-refractivity contribution in [3.63, 3.8) is 0 Å². The fraction of sp³-hybridized carbons (Fsp3) is 0.565. The van der Waals surface area contributed by atoms with Gasteiger partial charge in [0.05, 0.1) is 22.9 Å². The molecule has 0 aromatic heterocycles. The minimum atomic E-state index is -4.73. The number of amides is 1. The van der Waals surface area contributed by atoms with Gasteiger partial charge >= 0.3 is 12.1 Å². The molecular formula is C23H28F3N3O3S. The number of benzene rings is 1. The Labute approximate surface area is 197 Å². The van der Waals surface area contributed by atoms with E-state index in [0.717, 1.165) is 55.6 Å². The van der Waals surface area contributed by atoms with E-state index in [1.807, 2.05) is 0 Å². The van der Waals surface area contributed by atoms with E-state index in [-0.39, 0.29) is 17.2 Å². The molecule has 0 spiro atoms. The van der Waals surface area contributed by atoms with Gasteiger partial charge in [0.2, 0.25) is 0 Å². The van der Waals surface area contributed by atoms with Gasteiger partial charge in [0.25, 0.3) is 5.91 Å². The molecule has 0 atom stereocenters. The Kier molecular flexibility index (Phi) is 8.83. The lowest BCUT2D eigenvalue weighted by atomic mass is 10.0. The molecule has 2 rings (SSSR count). The molecule has 0 unspecified atom stereocenters. The number of hydrogen-bond acceptors (Lipinski definition) is 4. The first kappa shape index (κ1) is 26.6. The van der Waals surface area contributed by atoms with Crippen LogP contribution in [0.2, 0.25) is 0 Å². The van der Waals surface area contributed by atoms with E-state index >= 15 is 0 Å². The Hall–Kier alpha value is -2.67. The van der Waals surface area contributed by atoms with Crippen molar-refractivity contribution in [1.29, 1.82) is 5.26 Å². The third-order valence-corrected chi connectivity index (χ3v) is 6.19. The first-order valence-electron chi connectivity index (χ1n) is 10.9. The van der Waals surface area contributed by atoms with Gasteiger partial charge in [-0.05, 0) is 57.1 Å². The van der Waals surface area contributed by atoms with Crippen molar-refractivity contribution < 1.29 is 27.9 Å². The van der Waals surface area contributed by atoms with Crippen LogP contribution in [-0.4, -0.2) is 39.1 Å². The molecule has 1 aliphatic rings. The summed E-state index contributed by atoms with van der Waals surface area (Å²) in [4.78, 5) is 26.4. The number of nitriles is 1. The number of halogens is 3. The molecule has 1 aromatic rings. The first-order chi connectivity index (χ1) is 15.4. The predicted octanol–water partition coefficient (Wildman–Crippen LogP) is 5.49. The molecule has 10 heteroatoms. The van der Waals surface area contributed by atoms with E-state index in [0.29, 0.717) is 13.0 Å². The lowest BCUT2D eigenvalue weighted by molar-refractivity contribution is -0.138. The van der Waals surface area contributed by atoms with Gasteiger partial charge < -0.3 is 10.0 Å². The third-order valence-electron chi connectivity index (χ3n) is 5.78. The molecule has 180 valence electrons. The van der Waals surface area contributed by atoms with Gasteiger partial charge in [0.15, 0.2) is 5.11 Å². The summed E-state index contributed by atoms with van der Waals surface area (Å²) in [6, 6.07) is 4.70. The highest BCUT2D eigenvalue weighted by Crippen LogP contribution is 2.38. The van der Waals surface area contributed by atoms with Crippen molar-refractivity contribution in [1.82, 2.24) is 4.90 Å². The van der Waals surface area contributed by atoms with Crippen LogP contribution in [0.25, 0.3) is 0 Å². The van der Waals surface area contributed by atoms with Gasteiger partial charge in [-0.15, -0.1) is 0 Å². The zero-order valence-corrected chi connectivity index (χ0v) is 19.6.